The summed E-state index contributed by atoms with van der Waals surface area (Å²) in [5.41, 5.74) is 0. The molecule has 0 bridgehead atoms. The first-order valence-electron chi connectivity index (χ1n) is 5.53. The van der Waals surface area contributed by atoms with Crippen LogP contribution in [0.2, 0.25) is 0 Å². The zero-order valence-electron chi connectivity index (χ0n) is 9.47. The van der Waals surface area contributed by atoms with E-state index in [4.69, 9.17) is 0 Å². The van der Waals surface area contributed by atoms with E-state index in [2.05, 4.69) is 38.2 Å². The average Bonchev–Trinajstić information content (AvgIpc) is 2.59. The molecule has 0 aromatic carbocycles. The minimum atomic E-state index is 0.519. The van der Waals surface area contributed by atoms with Crippen molar-refractivity contribution in [2.75, 3.05) is 6.54 Å². The second-order valence-corrected chi connectivity index (χ2v) is 5.15. The van der Waals surface area contributed by atoms with Crippen LogP contribution in [0.4, 0.5) is 0 Å². The Morgan fingerprint density at radius 3 is 2.71 bits per heavy atom. The lowest BCUT2D eigenvalue weighted by Crippen LogP contribution is -2.18. The number of unbranched alkanes of at least 4 members (excludes halogenated alkanes) is 2. The first-order valence-corrected chi connectivity index (χ1v) is 6.35. The van der Waals surface area contributed by atoms with Crippen LogP contribution in [-0.2, 0) is 0 Å². The van der Waals surface area contributed by atoms with Crippen LogP contribution in [0.1, 0.15) is 48.9 Å². The van der Waals surface area contributed by atoms with Gasteiger partial charge in [0.2, 0.25) is 0 Å². The third-order valence-electron chi connectivity index (χ3n) is 2.42. The Balaban J connectivity index is 2.25. The molecular weight excluding hydrogens is 190 g/mol. The van der Waals surface area contributed by atoms with Crippen molar-refractivity contribution < 1.29 is 0 Å². The molecule has 0 saturated heterocycles. The largest absolute Gasteiger partial charge is 0.309 e. The monoisotopic (exact) mass is 211 g/mol. The van der Waals surface area contributed by atoms with Gasteiger partial charge in [-0.25, -0.2) is 0 Å². The third-order valence-corrected chi connectivity index (χ3v) is 3.60. The molecular formula is C12H21NS. The van der Waals surface area contributed by atoms with E-state index in [0.29, 0.717) is 6.04 Å². The summed E-state index contributed by atoms with van der Waals surface area (Å²) in [6, 6.07) is 4.95. The molecule has 1 rings (SSSR count). The molecule has 2 heteroatoms. The van der Waals surface area contributed by atoms with Crippen molar-refractivity contribution in [2.45, 2.75) is 46.1 Å². The number of aryl methyl sites for hydroxylation is 1. The smallest absolute Gasteiger partial charge is 0.0386 e. The Labute approximate surface area is 91.5 Å². The summed E-state index contributed by atoms with van der Waals surface area (Å²) in [6.45, 7) is 7.80. The first-order chi connectivity index (χ1) is 6.74. The topological polar surface area (TPSA) is 12.0 Å². The summed E-state index contributed by atoms with van der Waals surface area (Å²) in [4.78, 5) is 2.86. The molecule has 0 radical (unpaired) electrons. The maximum Gasteiger partial charge on any atom is 0.0386 e. The van der Waals surface area contributed by atoms with Gasteiger partial charge in [0.25, 0.3) is 0 Å². The van der Waals surface area contributed by atoms with E-state index in [-0.39, 0.29) is 0 Å². The number of nitrogens with one attached hydrogen (secondary N) is 1. The fourth-order valence-corrected chi connectivity index (χ4v) is 2.38. The lowest BCUT2D eigenvalue weighted by atomic mass is 10.2. The van der Waals surface area contributed by atoms with Crippen LogP contribution in [0.5, 0.6) is 0 Å². The van der Waals surface area contributed by atoms with Crippen molar-refractivity contribution in [3.8, 4) is 0 Å². The van der Waals surface area contributed by atoms with Crippen molar-refractivity contribution in [3.63, 3.8) is 0 Å². The van der Waals surface area contributed by atoms with Crippen LogP contribution in [0.3, 0.4) is 0 Å². The van der Waals surface area contributed by atoms with E-state index < -0.39 is 0 Å². The van der Waals surface area contributed by atoms with Gasteiger partial charge in [-0.3, -0.25) is 0 Å². The standard InChI is InChI=1S/C12H21NS/c1-4-5-6-9-13-11(3)12-8-7-10(2)14-12/h7-8,11,13H,4-6,9H2,1-3H3/t11-/m1/s1. The minimum absolute atomic E-state index is 0.519. The van der Waals surface area contributed by atoms with Gasteiger partial charge in [-0.15, -0.1) is 11.3 Å². The van der Waals surface area contributed by atoms with Crippen LogP contribution in [-0.4, -0.2) is 6.54 Å². The van der Waals surface area contributed by atoms with Crippen molar-refractivity contribution in [1.29, 1.82) is 0 Å². The maximum absolute atomic E-state index is 3.56. The van der Waals surface area contributed by atoms with Crippen molar-refractivity contribution in [1.82, 2.24) is 5.32 Å². The van der Waals surface area contributed by atoms with E-state index in [9.17, 15) is 0 Å². The summed E-state index contributed by atoms with van der Waals surface area (Å²) in [6.07, 6.45) is 3.93. The Kier molecular flexibility index (Phi) is 5.20. The molecule has 0 saturated carbocycles. The second kappa shape index (κ2) is 6.20. The summed E-state index contributed by atoms with van der Waals surface area (Å²) in [5.74, 6) is 0. The molecule has 1 nitrogen and oxygen atoms in total. The molecule has 0 fully saturated rings. The van der Waals surface area contributed by atoms with Crippen LogP contribution in [0, 0.1) is 6.92 Å². The van der Waals surface area contributed by atoms with E-state index in [1.54, 1.807) is 0 Å². The average molecular weight is 211 g/mol. The molecule has 1 aromatic rings. The quantitative estimate of drug-likeness (QED) is 0.704. The zero-order chi connectivity index (χ0) is 10.4. The Morgan fingerprint density at radius 1 is 1.36 bits per heavy atom. The van der Waals surface area contributed by atoms with Gasteiger partial charge in [-0.05, 0) is 38.9 Å². The minimum Gasteiger partial charge on any atom is -0.309 e. The molecule has 0 aliphatic rings. The van der Waals surface area contributed by atoms with Gasteiger partial charge in [0, 0.05) is 15.8 Å². The molecule has 1 N–H and O–H groups in total. The zero-order valence-corrected chi connectivity index (χ0v) is 10.3. The lowest BCUT2D eigenvalue weighted by molar-refractivity contribution is 0.549. The summed E-state index contributed by atoms with van der Waals surface area (Å²) in [5, 5.41) is 3.56. The normalized spacial score (nSPS) is 13.1. The predicted molar refractivity (Wildman–Crippen MR) is 65.0 cm³/mol. The van der Waals surface area contributed by atoms with Crippen molar-refractivity contribution in [2.24, 2.45) is 0 Å². The molecule has 1 heterocycles. The highest BCUT2D eigenvalue weighted by Gasteiger charge is 2.05. The Hall–Kier alpha value is -0.340. The number of hydrogen-bond acceptors (Lipinski definition) is 2. The van der Waals surface area contributed by atoms with Gasteiger partial charge >= 0.3 is 0 Å². The lowest BCUT2D eigenvalue weighted by Gasteiger charge is -2.11. The number of thiophene rings is 1. The summed E-state index contributed by atoms with van der Waals surface area (Å²) in [7, 11) is 0. The Morgan fingerprint density at radius 2 is 2.14 bits per heavy atom. The van der Waals surface area contributed by atoms with E-state index in [1.165, 1.54) is 29.0 Å². The molecule has 1 atom stereocenters. The van der Waals surface area contributed by atoms with Crippen LogP contribution in [0.15, 0.2) is 12.1 Å². The highest BCUT2D eigenvalue weighted by molar-refractivity contribution is 7.12. The molecule has 1 aromatic heterocycles. The number of hydrogen-bond donors (Lipinski definition) is 1. The van der Waals surface area contributed by atoms with Gasteiger partial charge in [0.05, 0.1) is 0 Å². The highest BCUT2D eigenvalue weighted by Crippen LogP contribution is 2.22. The van der Waals surface area contributed by atoms with E-state index in [0.717, 1.165) is 6.54 Å². The van der Waals surface area contributed by atoms with Gasteiger partial charge < -0.3 is 5.32 Å². The second-order valence-electron chi connectivity index (χ2n) is 3.83. The van der Waals surface area contributed by atoms with Gasteiger partial charge in [0.1, 0.15) is 0 Å². The van der Waals surface area contributed by atoms with Gasteiger partial charge in [-0.2, -0.15) is 0 Å². The fraction of sp³-hybridized carbons (Fsp3) is 0.667. The first kappa shape index (κ1) is 11.7. The summed E-state index contributed by atoms with van der Waals surface area (Å²) >= 11 is 1.90. The molecule has 0 aliphatic carbocycles. The van der Waals surface area contributed by atoms with E-state index >= 15 is 0 Å². The van der Waals surface area contributed by atoms with Crippen LogP contribution in [0.25, 0.3) is 0 Å². The third kappa shape index (κ3) is 3.81. The molecule has 0 spiro atoms. The Bertz CT molecular complexity index is 255. The van der Waals surface area contributed by atoms with Gasteiger partial charge in [-0.1, -0.05) is 19.8 Å². The van der Waals surface area contributed by atoms with Gasteiger partial charge in [0.15, 0.2) is 0 Å². The maximum atomic E-state index is 3.56. The fourth-order valence-electron chi connectivity index (χ4n) is 1.48. The van der Waals surface area contributed by atoms with Crippen molar-refractivity contribution >= 4 is 11.3 Å². The SMILES string of the molecule is CCCCCN[C@H](C)c1ccc(C)s1. The summed E-state index contributed by atoms with van der Waals surface area (Å²) < 4.78 is 0. The molecule has 0 amide bonds. The van der Waals surface area contributed by atoms with Crippen LogP contribution >= 0.6 is 11.3 Å². The molecule has 14 heavy (non-hydrogen) atoms. The molecule has 80 valence electrons. The molecule has 0 aliphatic heterocycles. The van der Waals surface area contributed by atoms with E-state index in [1.807, 2.05) is 11.3 Å². The number of rotatable bonds is 6. The molecule has 0 unspecified atom stereocenters. The van der Waals surface area contributed by atoms with Crippen molar-refractivity contribution in [3.05, 3.63) is 21.9 Å². The highest BCUT2D eigenvalue weighted by atomic mass is 32.1. The predicted octanol–water partition coefficient (Wildman–Crippen LogP) is 3.90. The van der Waals surface area contributed by atoms with Crippen LogP contribution < -0.4 is 5.32 Å².